The highest BCUT2D eigenvalue weighted by atomic mass is 19.4. The molecular weight excluding hydrogens is 207 g/mol. The summed E-state index contributed by atoms with van der Waals surface area (Å²) in [5, 5.41) is 0. The number of carbonyl (C=O) groups excluding carboxylic acids is 1. The predicted octanol–water partition coefficient (Wildman–Crippen LogP) is 2.10. The second kappa shape index (κ2) is 5.25. The predicted molar refractivity (Wildman–Crippen MR) is 50.5 cm³/mol. The molecule has 0 saturated carbocycles. The van der Waals surface area contributed by atoms with Gasteiger partial charge in [0.05, 0.1) is 6.04 Å². The van der Waals surface area contributed by atoms with E-state index in [0.29, 0.717) is 0 Å². The smallest absolute Gasteiger partial charge is 0.263 e. The Morgan fingerprint density at radius 2 is 2.07 bits per heavy atom. The number of amides is 1. The van der Waals surface area contributed by atoms with Crippen LogP contribution in [0.15, 0.2) is 25.3 Å². The van der Waals surface area contributed by atoms with Gasteiger partial charge >= 0.3 is 12.1 Å². The maximum atomic E-state index is 12.1. The summed E-state index contributed by atoms with van der Waals surface area (Å²) < 4.78 is 36.2. The van der Waals surface area contributed by atoms with Crippen molar-refractivity contribution in [1.82, 2.24) is 4.90 Å². The second-order valence-corrected chi connectivity index (χ2v) is 2.63. The van der Waals surface area contributed by atoms with Gasteiger partial charge in [-0.15, -0.1) is 13.2 Å². The van der Waals surface area contributed by atoms with Gasteiger partial charge in [-0.2, -0.15) is 13.2 Å². The molecule has 1 atom stereocenters. The Bertz CT molecular complexity index is 301. The SMILES string of the molecule is C#CN(C(=O)C(F)(F)F)C(C=C)CC=C. The summed E-state index contributed by atoms with van der Waals surface area (Å²) in [4.78, 5) is 11.1. The molecule has 1 unspecified atom stereocenters. The number of hydrogen-bond acceptors (Lipinski definition) is 1. The Balaban J connectivity index is 4.91. The number of nitrogens with zero attached hydrogens (tertiary/aromatic N) is 1. The molecule has 0 heterocycles. The minimum atomic E-state index is -4.98. The lowest BCUT2D eigenvalue weighted by atomic mass is 10.2. The van der Waals surface area contributed by atoms with Crippen molar-refractivity contribution < 1.29 is 18.0 Å². The molecule has 0 aromatic heterocycles. The third-order valence-corrected chi connectivity index (χ3v) is 1.61. The molecule has 15 heavy (non-hydrogen) atoms. The molecule has 1 amide bonds. The second-order valence-electron chi connectivity index (χ2n) is 2.63. The van der Waals surface area contributed by atoms with E-state index >= 15 is 0 Å². The number of terminal acetylenes is 1. The topological polar surface area (TPSA) is 20.3 Å². The van der Waals surface area contributed by atoms with E-state index in [0.717, 1.165) is 0 Å². The van der Waals surface area contributed by atoms with Crippen molar-refractivity contribution in [2.75, 3.05) is 0 Å². The Hall–Kier alpha value is -1.70. The standard InChI is InChI=1S/C10H10F3NO/c1-4-7-8(5-2)14(6-3)9(15)10(11,12)13/h3-5,8H,1-2,7H2. The van der Waals surface area contributed by atoms with Gasteiger partial charge in [0.15, 0.2) is 0 Å². The molecule has 0 N–H and O–H groups in total. The van der Waals surface area contributed by atoms with E-state index in [1.54, 1.807) is 6.04 Å². The van der Waals surface area contributed by atoms with Gasteiger partial charge in [0.1, 0.15) is 0 Å². The highest BCUT2D eigenvalue weighted by molar-refractivity contribution is 5.84. The summed E-state index contributed by atoms with van der Waals surface area (Å²) in [6.07, 6.45) is 2.53. The summed E-state index contributed by atoms with van der Waals surface area (Å²) in [6.45, 7) is 6.66. The first-order chi connectivity index (χ1) is 6.88. The van der Waals surface area contributed by atoms with Crippen LogP contribution in [0, 0.1) is 12.5 Å². The summed E-state index contributed by atoms with van der Waals surface area (Å²) in [5.41, 5.74) is 0. The van der Waals surface area contributed by atoms with Crippen LogP contribution in [-0.4, -0.2) is 23.0 Å². The summed E-state index contributed by atoms with van der Waals surface area (Å²) in [5.74, 6) is -2.07. The van der Waals surface area contributed by atoms with Crippen molar-refractivity contribution in [3.8, 4) is 12.5 Å². The molecular formula is C10H10F3NO. The molecule has 0 aliphatic heterocycles. The highest BCUT2D eigenvalue weighted by Crippen LogP contribution is 2.20. The van der Waals surface area contributed by atoms with E-state index in [2.05, 4.69) is 13.2 Å². The summed E-state index contributed by atoms with van der Waals surface area (Å²) >= 11 is 0. The van der Waals surface area contributed by atoms with E-state index in [-0.39, 0.29) is 11.3 Å². The number of carbonyl (C=O) groups is 1. The van der Waals surface area contributed by atoms with Crippen LogP contribution in [-0.2, 0) is 4.79 Å². The fourth-order valence-corrected chi connectivity index (χ4v) is 0.919. The first-order valence-corrected chi connectivity index (χ1v) is 3.98. The average molecular weight is 217 g/mol. The van der Waals surface area contributed by atoms with Crippen molar-refractivity contribution >= 4 is 5.91 Å². The Morgan fingerprint density at radius 1 is 1.53 bits per heavy atom. The van der Waals surface area contributed by atoms with Crippen LogP contribution < -0.4 is 0 Å². The molecule has 0 rings (SSSR count). The van der Waals surface area contributed by atoms with Crippen molar-refractivity contribution in [2.45, 2.75) is 18.6 Å². The summed E-state index contributed by atoms with van der Waals surface area (Å²) in [6, 6.07) is 0.802. The molecule has 2 nitrogen and oxygen atoms in total. The van der Waals surface area contributed by atoms with E-state index < -0.39 is 18.1 Å². The lowest BCUT2D eigenvalue weighted by molar-refractivity contribution is -0.183. The number of alkyl halides is 3. The molecule has 0 spiro atoms. The monoisotopic (exact) mass is 217 g/mol. The van der Waals surface area contributed by atoms with Crippen LogP contribution in [0.1, 0.15) is 6.42 Å². The highest BCUT2D eigenvalue weighted by Gasteiger charge is 2.43. The Labute approximate surface area is 86.1 Å². The normalized spacial score (nSPS) is 12.4. The van der Waals surface area contributed by atoms with Crippen LogP contribution in [0.4, 0.5) is 13.2 Å². The molecule has 0 aromatic rings. The maximum Gasteiger partial charge on any atom is 0.472 e. The van der Waals surface area contributed by atoms with Crippen LogP contribution in [0.25, 0.3) is 0 Å². The number of halogens is 3. The molecule has 0 aromatic carbocycles. The van der Waals surface area contributed by atoms with Gasteiger partial charge in [-0.1, -0.05) is 18.6 Å². The van der Waals surface area contributed by atoms with Crippen molar-refractivity contribution in [3.05, 3.63) is 25.3 Å². The molecule has 0 saturated heterocycles. The zero-order valence-corrected chi connectivity index (χ0v) is 7.92. The fraction of sp³-hybridized carbons (Fsp3) is 0.300. The number of hydrogen-bond donors (Lipinski definition) is 0. The molecule has 0 aliphatic carbocycles. The van der Waals surface area contributed by atoms with Gasteiger partial charge in [0.25, 0.3) is 0 Å². The van der Waals surface area contributed by atoms with Crippen LogP contribution >= 0.6 is 0 Å². The number of rotatable bonds is 4. The van der Waals surface area contributed by atoms with Gasteiger partial charge in [-0.3, -0.25) is 9.69 Å². The van der Waals surface area contributed by atoms with Crippen LogP contribution in [0.2, 0.25) is 0 Å². The largest absolute Gasteiger partial charge is 0.472 e. The van der Waals surface area contributed by atoms with E-state index in [1.807, 2.05) is 0 Å². The van der Waals surface area contributed by atoms with Crippen LogP contribution in [0.5, 0.6) is 0 Å². The molecule has 0 aliphatic rings. The first-order valence-electron chi connectivity index (χ1n) is 3.98. The van der Waals surface area contributed by atoms with E-state index in [9.17, 15) is 18.0 Å². The van der Waals surface area contributed by atoms with Crippen LogP contribution in [0.3, 0.4) is 0 Å². The maximum absolute atomic E-state index is 12.1. The molecule has 82 valence electrons. The van der Waals surface area contributed by atoms with Crippen molar-refractivity contribution in [3.63, 3.8) is 0 Å². The third-order valence-electron chi connectivity index (χ3n) is 1.61. The van der Waals surface area contributed by atoms with Crippen molar-refractivity contribution in [1.29, 1.82) is 0 Å². The zero-order chi connectivity index (χ0) is 12.1. The molecule has 0 bridgehead atoms. The van der Waals surface area contributed by atoms with E-state index in [1.165, 1.54) is 12.2 Å². The van der Waals surface area contributed by atoms with Gasteiger partial charge in [-0.05, 0) is 6.42 Å². The minimum absolute atomic E-state index is 0.121. The molecule has 0 radical (unpaired) electrons. The lowest BCUT2D eigenvalue weighted by Crippen LogP contribution is -2.43. The van der Waals surface area contributed by atoms with Gasteiger partial charge in [0, 0.05) is 6.04 Å². The zero-order valence-electron chi connectivity index (χ0n) is 7.92. The Morgan fingerprint density at radius 3 is 2.33 bits per heavy atom. The average Bonchev–Trinajstić information content (AvgIpc) is 2.15. The van der Waals surface area contributed by atoms with Gasteiger partial charge in [-0.25, -0.2) is 0 Å². The molecule has 5 heteroatoms. The first kappa shape index (κ1) is 13.3. The fourth-order valence-electron chi connectivity index (χ4n) is 0.919. The molecule has 0 fully saturated rings. The summed E-state index contributed by atoms with van der Waals surface area (Å²) in [7, 11) is 0. The third kappa shape index (κ3) is 3.50. The minimum Gasteiger partial charge on any atom is -0.263 e. The lowest BCUT2D eigenvalue weighted by Gasteiger charge is -2.23. The van der Waals surface area contributed by atoms with Crippen molar-refractivity contribution in [2.24, 2.45) is 0 Å². The quantitative estimate of drug-likeness (QED) is 0.401. The Kier molecular flexibility index (Phi) is 4.65. The van der Waals surface area contributed by atoms with Gasteiger partial charge < -0.3 is 0 Å². The van der Waals surface area contributed by atoms with Gasteiger partial charge in [0.2, 0.25) is 0 Å². The van der Waals surface area contributed by atoms with E-state index in [4.69, 9.17) is 6.42 Å².